The minimum absolute atomic E-state index is 0.0344. The van der Waals surface area contributed by atoms with E-state index in [9.17, 15) is 4.79 Å². The van der Waals surface area contributed by atoms with Gasteiger partial charge in [0, 0.05) is 5.56 Å². The molecule has 0 aliphatic rings. The summed E-state index contributed by atoms with van der Waals surface area (Å²) in [4.78, 5) is 12.4. The van der Waals surface area contributed by atoms with Crippen molar-refractivity contribution in [1.82, 2.24) is 15.6 Å². The van der Waals surface area contributed by atoms with Gasteiger partial charge < -0.3 is 9.47 Å². The number of carbonyl (C=O) groups excluding carboxylic acids is 1. The van der Waals surface area contributed by atoms with E-state index in [1.54, 1.807) is 19.4 Å². The van der Waals surface area contributed by atoms with Crippen LogP contribution in [0.2, 0.25) is 0 Å². The first-order valence-corrected chi connectivity index (χ1v) is 9.93. The molecule has 0 fully saturated rings. The minimum atomic E-state index is -0.380. The monoisotopic (exact) mass is 418 g/mol. The number of rotatable bonds is 8. The smallest absolute Gasteiger partial charge is 0.289 e. The highest BCUT2D eigenvalue weighted by molar-refractivity contribution is 5.94. The molecule has 0 radical (unpaired) electrons. The third kappa shape index (κ3) is 6.05. The molecule has 31 heavy (non-hydrogen) atoms. The van der Waals surface area contributed by atoms with Gasteiger partial charge in [-0.2, -0.15) is 10.2 Å². The Kier molecular flexibility index (Phi) is 7.22. The van der Waals surface area contributed by atoms with Crippen molar-refractivity contribution in [2.75, 3.05) is 7.11 Å². The first-order chi connectivity index (χ1) is 15.0. The van der Waals surface area contributed by atoms with Gasteiger partial charge >= 0.3 is 0 Å². The summed E-state index contributed by atoms with van der Waals surface area (Å²) in [7, 11) is 1.59. The Hall–Kier alpha value is -3.87. The number of amides is 1. The summed E-state index contributed by atoms with van der Waals surface area (Å²) >= 11 is 0. The van der Waals surface area contributed by atoms with Gasteiger partial charge in [-0.15, -0.1) is 0 Å². The average Bonchev–Trinajstić information content (AvgIpc) is 3.24. The minimum Gasteiger partial charge on any atom is -0.493 e. The highest BCUT2D eigenvalue weighted by atomic mass is 16.5. The van der Waals surface area contributed by atoms with Gasteiger partial charge in [0.2, 0.25) is 0 Å². The number of hydrogen-bond donors (Lipinski definition) is 2. The molecule has 1 amide bonds. The van der Waals surface area contributed by atoms with Crippen LogP contribution in [0, 0.1) is 0 Å². The van der Waals surface area contributed by atoms with E-state index in [0.29, 0.717) is 22.9 Å². The van der Waals surface area contributed by atoms with Crippen LogP contribution in [-0.2, 0) is 0 Å². The van der Waals surface area contributed by atoms with Crippen LogP contribution in [0.15, 0.2) is 65.3 Å². The van der Waals surface area contributed by atoms with E-state index in [1.807, 2.05) is 75.4 Å². The molecule has 0 saturated heterocycles. The Morgan fingerprint density at radius 1 is 1.13 bits per heavy atom. The number of aromatic amines is 1. The lowest BCUT2D eigenvalue weighted by atomic mass is 10.1. The topological polar surface area (TPSA) is 88.6 Å². The zero-order valence-electron chi connectivity index (χ0n) is 18.0. The SMILES string of the molecule is COc1cc(-c2cc(C(=O)N/N=C/C(C)=C/c3ccccc3)[nH]n2)ccc1OC(C)C. The van der Waals surface area contributed by atoms with Crippen molar-refractivity contribution in [1.29, 1.82) is 0 Å². The molecule has 3 aromatic rings. The number of methoxy groups -OCH3 is 1. The molecule has 1 heterocycles. The van der Waals surface area contributed by atoms with Crippen molar-refractivity contribution < 1.29 is 14.3 Å². The van der Waals surface area contributed by atoms with Crippen LogP contribution >= 0.6 is 0 Å². The summed E-state index contributed by atoms with van der Waals surface area (Å²) in [6.07, 6.45) is 3.61. The van der Waals surface area contributed by atoms with Crippen LogP contribution < -0.4 is 14.9 Å². The molecule has 0 aliphatic carbocycles. The second-order valence-corrected chi connectivity index (χ2v) is 7.20. The lowest BCUT2D eigenvalue weighted by molar-refractivity contribution is 0.0950. The summed E-state index contributed by atoms with van der Waals surface area (Å²) in [5.41, 5.74) is 6.20. The van der Waals surface area contributed by atoms with Crippen molar-refractivity contribution in [3.8, 4) is 22.8 Å². The van der Waals surface area contributed by atoms with E-state index in [1.165, 1.54) is 0 Å². The molecule has 160 valence electrons. The Morgan fingerprint density at radius 2 is 1.90 bits per heavy atom. The number of benzene rings is 2. The van der Waals surface area contributed by atoms with Gasteiger partial charge in [-0.25, -0.2) is 5.43 Å². The second kappa shape index (κ2) is 10.2. The van der Waals surface area contributed by atoms with Crippen LogP contribution in [-0.4, -0.2) is 35.5 Å². The van der Waals surface area contributed by atoms with Gasteiger partial charge in [-0.05, 0) is 56.2 Å². The average molecular weight is 418 g/mol. The summed E-state index contributed by atoms with van der Waals surface area (Å²) in [5.74, 6) is 0.878. The van der Waals surface area contributed by atoms with Gasteiger partial charge in [0.15, 0.2) is 11.5 Å². The fraction of sp³-hybridized carbons (Fsp3) is 0.208. The molecule has 0 bridgehead atoms. The van der Waals surface area contributed by atoms with E-state index < -0.39 is 0 Å². The number of ether oxygens (including phenoxy) is 2. The Labute approximate surface area is 181 Å². The number of allylic oxidation sites excluding steroid dienone is 1. The van der Waals surface area contributed by atoms with Gasteiger partial charge in [0.25, 0.3) is 5.91 Å². The second-order valence-electron chi connectivity index (χ2n) is 7.20. The van der Waals surface area contributed by atoms with Crippen LogP contribution in [0.5, 0.6) is 11.5 Å². The number of H-pyrrole nitrogens is 1. The Morgan fingerprint density at radius 3 is 2.61 bits per heavy atom. The van der Waals surface area contributed by atoms with E-state index in [0.717, 1.165) is 16.7 Å². The number of carbonyl (C=O) groups is 1. The van der Waals surface area contributed by atoms with E-state index in [4.69, 9.17) is 9.47 Å². The predicted molar refractivity (Wildman–Crippen MR) is 122 cm³/mol. The molecule has 0 spiro atoms. The number of nitrogens with one attached hydrogen (secondary N) is 2. The molecule has 0 unspecified atom stereocenters. The van der Waals surface area contributed by atoms with Crippen molar-refractivity contribution >= 4 is 18.2 Å². The maximum absolute atomic E-state index is 12.4. The molecule has 2 aromatic carbocycles. The maximum atomic E-state index is 12.4. The third-order valence-corrected chi connectivity index (χ3v) is 4.27. The zero-order chi connectivity index (χ0) is 22.2. The molecule has 0 atom stereocenters. The lowest BCUT2D eigenvalue weighted by Gasteiger charge is -2.14. The summed E-state index contributed by atoms with van der Waals surface area (Å²) in [6, 6.07) is 17.1. The summed E-state index contributed by atoms with van der Waals surface area (Å²) in [5, 5.41) is 11.0. The molecular formula is C24H26N4O3. The van der Waals surface area contributed by atoms with Crippen LogP contribution in [0.3, 0.4) is 0 Å². The fourth-order valence-corrected chi connectivity index (χ4v) is 2.87. The first kappa shape index (κ1) is 21.8. The van der Waals surface area contributed by atoms with Crippen LogP contribution in [0.25, 0.3) is 17.3 Å². The number of hydrazone groups is 1. The number of hydrogen-bond acceptors (Lipinski definition) is 5. The molecular weight excluding hydrogens is 392 g/mol. The molecule has 7 nitrogen and oxygen atoms in total. The van der Waals surface area contributed by atoms with E-state index >= 15 is 0 Å². The Balaban J connectivity index is 1.66. The van der Waals surface area contributed by atoms with Crippen molar-refractivity contribution in [3.05, 3.63) is 71.4 Å². The third-order valence-electron chi connectivity index (χ3n) is 4.27. The summed E-state index contributed by atoms with van der Waals surface area (Å²) in [6.45, 7) is 5.82. The van der Waals surface area contributed by atoms with Crippen LogP contribution in [0.4, 0.5) is 0 Å². The van der Waals surface area contributed by atoms with Gasteiger partial charge in [0.05, 0.1) is 25.1 Å². The highest BCUT2D eigenvalue weighted by Gasteiger charge is 2.13. The summed E-state index contributed by atoms with van der Waals surface area (Å²) < 4.78 is 11.1. The standard InChI is InChI=1S/C24H26N4O3/c1-16(2)31-22-11-10-19(13-23(22)30-4)20-14-21(27-26-20)24(29)28-25-15-17(3)12-18-8-6-5-7-9-18/h5-16H,1-4H3,(H,26,27)(H,28,29)/b17-12+,25-15+. The molecule has 2 N–H and O–H groups in total. The van der Waals surface area contributed by atoms with Gasteiger partial charge in [-0.1, -0.05) is 36.4 Å². The maximum Gasteiger partial charge on any atom is 0.289 e. The van der Waals surface area contributed by atoms with Gasteiger partial charge in [-0.3, -0.25) is 9.89 Å². The molecule has 0 saturated carbocycles. The highest BCUT2D eigenvalue weighted by Crippen LogP contribution is 2.32. The molecule has 7 heteroatoms. The van der Waals surface area contributed by atoms with E-state index in [-0.39, 0.29) is 12.0 Å². The normalized spacial score (nSPS) is 11.7. The zero-order valence-corrected chi connectivity index (χ0v) is 18.0. The predicted octanol–water partition coefficient (Wildman–Crippen LogP) is 4.69. The fourth-order valence-electron chi connectivity index (χ4n) is 2.87. The van der Waals surface area contributed by atoms with E-state index in [2.05, 4.69) is 20.7 Å². The number of aromatic nitrogens is 2. The molecule has 3 rings (SSSR count). The van der Waals surface area contributed by atoms with Crippen molar-refractivity contribution in [3.63, 3.8) is 0 Å². The van der Waals surface area contributed by atoms with Gasteiger partial charge in [0.1, 0.15) is 5.69 Å². The van der Waals surface area contributed by atoms with Crippen molar-refractivity contribution in [2.24, 2.45) is 5.10 Å². The molecule has 0 aliphatic heterocycles. The largest absolute Gasteiger partial charge is 0.493 e. The number of nitrogens with zero attached hydrogens (tertiary/aromatic N) is 2. The Bertz CT molecular complexity index is 1090. The quantitative estimate of drug-likeness (QED) is 0.410. The van der Waals surface area contributed by atoms with Crippen LogP contribution in [0.1, 0.15) is 36.8 Å². The van der Waals surface area contributed by atoms with Crippen molar-refractivity contribution in [2.45, 2.75) is 26.9 Å². The first-order valence-electron chi connectivity index (χ1n) is 9.93. The lowest BCUT2D eigenvalue weighted by Crippen LogP contribution is -2.17. The molecule has 1 aromatic heterocycles.